The maximum atomic E-state index is 10.9. The summed E-state index contributed by atoms with van der Waals surface area (Å²) in [6.07, 6.45) is 2.51. The van der Waals surface area contributed by atoms with Gasteiger partial charge < -0.3 is 9.73 Å². The van der Waals surface area contributed by atoms with E-state index in [1.165, 1.54) is 5.06 Å². The van der Waals surface area contributed by atoms with Crippen LogP contribution in [0.15, 0.2) is 4.42 Å². The third-order valence-electron chi connectivity index (χ3n) is 4.73. The molecular weight excluding hydrogens is 326 g/mol. The van der Waals surface area contributed by atoms with Crippen LogP contribution in [-0.4, -0.2) is 65.5 Å². The van der Waals surface area contributed by atoms with Crippen molar-refractivity contribution in [2.45, 2.75) is 37.3 Å². The summed E-state index contributed by atoms with van der Waals surface area (Å²) in [7, 11) is -4.49. The number of fused-ring (bicyclic) bond motifs is 2. The summed E-state index contributed by atoms with van der Waals surface area (Å²) in [5.74, 6) is 1.50. The number of nitrogens with zero attached hydrogens (tertiary/aromatic N) is 4. The molecule has 10 nitrogen and oxygen atoms in total. The monoisotopic (exact) mass is 345 g/mol. The first-order valence-corrected chi connectivity index (χ1v) is 9.08. The predicted octanol–water partition coefficient (Wildman–Crippen LogP) is -0.340. The van der Waals surface area contributed by atoms with Gasteiger partial charge in [-0.1, -0.05) is 0 Å². The minimum atomic E-state index is -4.49. The molecule has 3 aliphatic heterocycles. The summed E-state index contributed by atoms with van der Waals surface area (Å²) in [5, 5.41) is 12.9. The molecule has 11 heteroatoms. The van der Waals surface area contributed by atoms with Gasteiger partial charge in [-0.3, -0.25) is 9.45 Å². The van der Waals surface area contributed by atoms with E-state index in [1.807, 2.05) is 4.90 Å². The molecule has 0 radical (unpaired) electrons. The van der Waals surface area contributed by atoms with E-state index in [-0.39, 0.29) is 24.7 Å². The van der Waals surface area contributed by atoms with Crippen molar-refractivity contribution in [3.05, 3.63) is 11.8 Å². The fraction of sp³-hybridized carbons (Fsp3) is 0.833. The van der Waals surface area contributed by atoms with Crippen LogP contribution >= 0.6 is 0 Å². The molecule has 2 N–H and O–H groups in total. The Bertz CT molecular complexity index is 673. The van der Waals surface area contributed by atoms with E-state index in [2.05, 4.69) is 19.8 Å². The number of hydrogen-bond acceptors (Lipinski definition) is 9. The molecular formula is C12H19N5O5S. The summed E-state index contributed by atoms with van der Waals surface area (Å²) >= 11 is 0. The molecule has 2 bridgehead atoms. The van der Waals surface area contributed by atoms with Crippen LogP contribution in [-0.2, 0) is 14.7 Å². The lowest BCUT2D eigenvalue weighted by Crippen LogP contribution is -2.34. The molecule has 1 aromatic heterocycles. The fourth-order valence-electron chi connectivity index (χ4n) is 3.60. The molecule has 0 amide bonds. The Labute approximate surface area is 133 Å². The standard InChI is InChI=1S/C12H19N5O5S/c18-23(19,20)22-17-7-16-6-9(17)1-2-10(16)12-15-14-11(21-12)8-3-4-13-5-8/h8-10,13H,1-7H2,(H,18,19,20)/t8?,9-,10+/m1/s1. The molecule has 3 fully saturated rings. The predicted molar refractivity (Wildman–Crippen MR) is 76.3 cm³/mol. The normalized spacial score (nSPS) is 35.0. The van der Waals surface area contributed by atoms with Crippen molar-refractivity contribution in [1.82, 2.24) is 25.5 Å². The van der Waals surface area contributed by atoms with Crippen LogP contribution in [0.4, 0.5) is 0 Å². The first-order chi connectivity index (χ1) is 11.0. The highest BCUT2D eigenvalue weighted by Gasteiger charge is 2.43. The molecule has 3 saturated heterocycles. The van der Waals surface area contributed by atoms with Gasteiger partial charge in [0, 0.05) is 13.1 Å². The highest BCUT2D eigenvalue weighted by atomic mass is 32.3. The zero-order chi connectivity index (χ0) is 16.0. The fourth-order valence-corrected chi connectivity index (χ4v) is 4.02. The molecule has 0 spiro atoms. The summed E-state index contributed by atoms with van der Waals surface area (Å²) in [6, 6.07) is -0.105. The lowest BCUT2D eigenvalue weighted by atomic mass is 10.0. The number of rotatable bonds is 4. The maximum Gasteiger partial charge on any atom is 0.413 e. The third-order valence-corrected chi connectivity index (χ3v) is 5.11. The topological polar surface area (TPSA) is 121 Å². The van der Waals surface area contributed by atoms with Crippen molar-refractivity contribution in [2.75, 3.05) is 26.3 Å². The number of aromatic nitrogens is 2. The Hall–Kier alpha value is -1.11. The number of hydroxylamine groups is 2. The molecule has 4 rings (SSSR count). The van der Waals surface area contributed by atoms with Gasteiger partial charge in [-0.2, -0.15) is 17.8 Å². The summed E-state index contributed by atoms with van der Waals surface area (Å²) < 4.78 is 41.1. The average molecular weight is 345 g/mol. The largest absolute Gasteiger partial charge is 0.423 e. The van der Waals surface area contributed by atoms with E-state index in [4.69, 9.17) is 8.97 Å². The highest BCUT2D eigenvalue weighted by Crippen LogP contribution is 2.37. The molecule has 4 heterocycles. The highest BCUT2D eigenvalue weighted by molar-refractivity contribution is 7.80. The lowest BCUT2D eigenvalue weighted by Gasteiger charge is -2.27. The molecule has 0 saturated carbocycles. The van der Waals surface area contributed by atoms with E-state index in [9.17, 15) is 8.42 Å². The van der Waals surface area contributed by atoms with E-state index in [0.717, 1.165) is 32.4 Å². The van der Waals surface area contributed by atoms with Crippen LogP contribution in [0.2, 0.25) is 0 Å². The molecule has 2 unspecified atom stereocenters. The van der Waals surface area contributed by atoms with Crippen molar-refractivity contribution in [2.24, 2.45) is 0 Å². The van der Waals surface area contributed by atoms with Gasteiger partial charge in [-0.25, -0.2) is 0 Å². The van der Waals surface area contributed by atoms with E-state index >= 15 is 0 Å². The van der Waals surface area contributed by atoms with Crippen LogP contribution in [0.3, 0.4) is 0 Å². The molecule has 0 aromatic carbocycles. The second-order valence-electron chi connectivity index (χ2n) is 6.25. The Kier molecular flexibility index (Phi) is 3.86. The Morgan fingerprint density at radius 3 is 2.83 bits per heavy atom. The van der Waals surface area contributed by atoms with Gasteiger partial charge in [0.05, 0.1) is 24.7 Å². The second-order valence-corrected chi connectivity index (χ2v) is 7.25. The quantitative estimate of drug-likeness (QED) is 0.701. The molecule has 3 aliphatic rings. The van der Waals surface area contributed by atoms with Crippen LogP contribution in [0.5, 0.6) is 0 Å². The molecule has 23 heavy (non-hydrogen) atoms. The summed E-state index contributed by atoms with van der Waals surface area (Å²) in [4.78, 5) is 2.03. The Morgan fingerprint density at radius 1 is 1.26 bits per heavy atom. The molecule has 4 atom stereocenters. The average Bonchev–Trinajstić information content (AvgIpc) is 3.20. The van der Waals surface area contributed by atoms with E-state index in [1.54, 1.807) is 0 Å². The smallest absolute Gasteiger partial charge is 0.413 e. The van der Waals surface area contributed by atoms with Crippen molar-refractivity contribution < 1.29 is 21.7 Å². The lowest BCUT2D eigenvalue weighted by molar-refractivity contribution is -0.0771. The first-order valence-electron chi connectivity index (χ1n) is 7.71. The van der Waals surface area contributed by atoms with Gasteiger partial charge in [0.15, 0.2) is 0 Å². The Morgan fingerprint density at radius 2 is 2.09 bits per heavy atom. The third kappa shape index (κ3) is 3.12. The van der Waals surface area contributed by atoms with Gasteiger partial charge in [0.25, 0.3) is 0 Å². The molecule has 0 aliphatic carbocycles. The van der Waals surface area contributed by atoms with Gasteiger partial charge >= 0.3 is 10.4 Å². The number of nitrogens with one attached hydrogen (secondary N) is 1. The van der Waals surface area contributed by atoms with Crippen LogP contribution in [0.1, 0.15) is 43.0 Å². The summed E-state index contributed by atoms with van der Waals surface area (Å²) in [5.41, 5.74) is 0. The molecule has 1 aromatic rings. The van der Waals surface area contributed by atoms with Crippen LogP contribution < -0.4 is 5.32 Å². The zero-order valence-electron chi connectivity index (χ0n) is 12.5. The minimum Gasteiger partial charge on any atom is -0.423 e. The number of piperidine rings is 1. The van der Waals surface area contributed by atoms with Gasteiger partial charge in [0.1, 0.15) is 0 Å². The number of hydrogen-bond donors (Lipinski definition) is 2. The molecule has 128 valence electrons. The summed E-state index contributed by atoms with van der Waals surface area (Å²) in [6.45, 7) is 2.73. The van der Waals surface area contributed by atoms with Crippen LogP contribution in [0.25, 0.3) is 0 Å². The Balaban J connectivity index is 1.47. The van der Waals surface area contributed by atoms with Crippen molar-refractivity contribution in [1.29, 1.82) is 0 Å². The minimum absolute atomic E-state index is 0.0446. The van der Waals surface area contributed by atoms with Crippen molar-refractivity contribution in [3.63, 3.8) is 0 Å². The zero-order valence-corrected chi connectivity index (χ0v) is 13.3. The van der Waals surface area contributed by atoms with Gasteiger partial charge in [0.2, 0.25) is 11.8 Å². The first kappa shape index (κ1) is 15.4. The van der Waals surface area contributed by atoms with Gasteiger partial charge in [-0.05, 0) is 25.8 Å². The van der Waals surface area contributed by atoms with Crippen molar-refractivity contribution in [3.8, 4) is 0 Å². The second kappa shape index (κ2) is 5.76. The van der Waals surface area contributed by atoms with Crippen LogP contribution in [0, 0.1) is 0 Å². The SMILES string of the molecule is O=S(=O)(O)ON1CN2C[C@H]1CC[C@H]2c1nnc(C2CCNC2)o1. The van der Waals surface area contributed by atoms with E-state index < -0.39 is 10.4 Å². The van der Waals surface area contributed by atoms with E-state index in [0.29, 0.717) is 18.3 Å². The van der Waals surface area contributed by atoms with Crippen molar-refractivity contribution >= 4 is 10.4 Å². The van der Waals surface area contributed by atoms with Gasteiger partial charge in [-0.15, -0.1) is 10.2 Å². The maximum absolute atomic E-state index is 10.9.